The SMILES string of the molecule is N#Cc1c(-c2c[nH]c3ccccc23)cc[nH]c1=O. The minimum absolute atomic E-state index is 0.141. The Morgan fingerprint density at radius 1 is 1.06 bits per heavy atom. The molecule has 4 nitrogen and oxygen atoms in total. The van der Waals surface area contributed by atoms with Crippen LogP contribution >= 0.6 is 0 Å². The highest BCUT2D eigenvalue weighted by atomic mass is 16.1. The van der Waals surface area contributed by atoms with E-state index in [1.165, 1.54) is 0 Å². The van der Waals surface area contributed by atoms with Crippen molar-refractivity contribution >= 4 is 10.9 Å². The van der Waals surface area contributed by atoms with Crippen LogP contribution in [0.1, 0.15) is 5.56 Å². The number of rotatable bonds is 1. The fraction of sp³-hybridized carbons (Fsp3) is 0. The van der Waals surface area contributed by atoms with Crippen LogP contribution in [0, 0.1) is 11.3 Å². The molecule has 0 saturated carbocycles. The highest BCUT2D eigenvalue weighted by Gasteiger charge is 2.12. The van der Waals surface area contributed by atoms with E-state index in [0.29, 0.717) is 5.56 Å². The van der Waals surface area contributed by atoms with Gasteiger partial charge < -0.3 is 9.97 Å². The van der Waals surface area contributed by atoms with Gasteiger partial charge in [-0.05, 0) is 12.1 Å². The molecule has 86 valence electrons. The molecule has 0 aliphatic rings. The first-order valence-electron chi connectivity index (χ1n) is 5.49. The van der Waals surface area contributed by atoms with Gasteiger partial charge in [-0.3, -0.25) is 4.79 Å². The number of hydrogen-bond donors (Lipinski definition) is 2. The van der Waals surface area contributed by atoms with Crippen molar-refractivity contribution < 1.29 is 0 Å². The molecule has 0 aliphatic carbocycles. The van der Waals surface area contributed by atoms with Crippen molar-refractivity contribution in [2.75, 3.05) is 0 Å². The molecule has 0 atom stereocenters. The number of nitrogens with zero attached hydrogens (tertiary/aromatic N) is 1. The number of aromatic amines is 2. The third-order valence-corrected chi connectivity index (χ3v) is 2.95. The van der Waals surface area contributed by atoms with Crippen LogP contribution in [0.4, 0.5) is 0 Å². The average molecular weight is 235 g/mol. The summed E-state index contributed by atoms with van der Waals surface area (Å²) < 4.78 is 0. The number of aromatic nitrogens is 2. The van der Waals surface area contributed by atoms with Gasteiger partial charge in [0.15, 0.2) is 0 Å². The summed E-state index contributed by atoms with van der Waals surface area (Å²) >= 11 is 0. The van der Waals surface area contributed by atoms with E-state index in [4.69, 9.17) is 5.26 Å². The second-order valence-electron chi connectivity index (χ2n) is 3.96. The van der Waals surface area contributed by atoms with Crippen molar-refractivity contribution in [3.8, 4) is 17.2 Å². The Labute approximate surface area is 103 Å². The normalized spacial score (nSPS) is 10.4. The van der Waals surface area contributed by atoms with Gasteiger partial charge >= 0.3 is 0 Å². The third kappa shape index (κ3) is 1.42. The number of benzene rings is 1. The standard InChI is InChI=1S/C14H9N3O/c15-7-11-9(5-6-16-14(11)18)12-8-17-13-4-2-1-3-10(12)13/h1-6,8,17H,(H,16,18). The number of para-hydroxylation sites is 1. The Bertz CT molecular complexity index is 821. The first-order chi connectivity index (χ1) is 8.81. The molecule has 3 rings (SSSR count). The summed E-state index contributed by atoms with van der Waals surface area (Å²) in [6.07, 6.45) is 3.38. The van der Waals surface area contributed by atoms with E-state index in [-0.39, 0.29) is 11.1 Å². The van der Waals surface area contributed by atoms with Gasteiger partial charge in [0.05, 0.1) is 0 Å². The Hall–Kier alpha value is -2.80. The molecule has 0 unspecified atom stereocenters. The molecule has 3 aromatic rings. The zero-order valence-corrected chi connectivity index (χ0v) is 9.40. The van der Waals surface area contributed by atoms with E-state index in [2.05, 4.69) is 9.97 Å². The van der Waals surface area contributed by atoms with E-state index in [1.54, 1.807) is 12.3 Å². The molecular formula is C14H9N3O. The second kappa shape index (κ2) is 3.90. The minimum atomic E-state index is -0.361. The zero-order chi connectivity index (χ0) is 12.5. The smallest absolute Gasteiger partial charge is 0.266 e. The van der Waals surface area contributed by atoms with Gasteiger partial charge in [-0.2, -0.15) is 5.26 Å². The molecule has 0 aliphatic heterocycles. The number of fused-ring (bicyclic) bond motifs is 1. The lowest BCUT2D eigenvalue weighted by Gasteiger charge is -2.01. The van der Waals surface area contributed by atoms with E-state index < -0.39 is 0 Å². The van der Waals surface area contributed by atoms with Crippen LogP contribution < -0.4 is 5.56 Å². The molecule has 0 radical (unpaired) electrons. The van der Waals surface area contributed by atoms with E-state index in [1.807, 2.05) is 36.5 Å². The van der Waals surface area contributed by atoms with Crippen molar-refractivity contribution in [3.05, 3.63) is 58.6 Å². The van der Waals surface area contributed by atoms with Gasteiger partial charge in [0.1, 0.15) is 11.6 Å². The molecule has 2 heterocycles. The number of pyridine rings is 1. The number of H-pyrrole nitrogens is 2. The average Bonchev–Trinajstić information content (AvgIpc) is 2.82. The van der Waals surface area contributed by atoms with Crippen molar-refractivity contribution in [2.45, 2.75) is 0 Å². The predicted molar refractivity (Wildman–Crippen MR) is 69.1 cm³/mol. The Morgan fingerprint density at radius 2 is 1.89 bits per heavy atom. The highest BCUT2D eigenvalue weighted by Crippen LogP contribution is 2.29. The first-order valence-corrected chi connectivity index (χ1v) is 5.49. The quantitative estimate of drug-likeness (QED) is 0.679. The lowest BCUT2D eigenvalue weighted by Crippen LogP contribution is -2.10. The van der Waals surface area contributed by atoms with Crippen molar-refractivity contribution in [1.29, 1.82) is 5.26 Å². The molecule has 0 fully saturated rings. The molecule has 0 spiro atoms. The summed E-state index contributed by atoms with van der Waals surface area (Å²) in [4.78, 5) is 17.3. The van der Waals surface area contributed by atoms with E-state index in [9.17, 15) is 4.79 Å². The maximum absolute atomic E-state index is 11.6. The van der Waals surface area contributed by atoms with Crippen LogP contribution in [-0.2, 0) is 0 Å². The molecule has 2 aromatic heterocycles. The van der Waals surface area contributed by atoms with Gasteiger partial charge in [-0.25, -0.2) is 0 Å². The summed E-state index contributed by atoms with van der Waals surface area (Å²) in [6, 6.07) is 11.5. The predicted octanol–water partition coefficient (Wildman–Crippen LogP) is 2.39. The van der Waals surface area contributed by atoms with Crippen molar-refractivity contribution in [1.82, 2.24) is 9.97 Å². The maximum Gasteiger partial charge on any atom is 0.266 e. The van der Waals surface area contributed by atoms with Crippen LogP contribution in [0.15, 0.2) is 47.5 Å². The van der Waals surface area contributed by atoms with Gasteiger partial charge in [-0.15, -0.1) is 0 Å². The van der Waals surface area contributed by atoms with Crippen LogP contribution in [0.25, 0.3) is 22.0 Å². The maximum atomic E-state index is 11.6. The van der Waals surface area contributed by atoms with Crippen LogP contribution in [0.2, 0.25) is 0 Å². The van der Waals surface area contributed by atoms with Gasteiger partial charge in [0.25, 0.3) is 5.56 Å². The second-order valence-corrected chi connectivity index (χ2v) is 3.96. The Balaban J connectivity index is 2.38. The van der Waals surface area contributed by atoms with E-state index in [0.717, 1.165) is 16.5 Å². The topological polar surface area (TPSA) is 72.4 Å². The molecule has 0 amide bonds. The van der Waals surface area contributed by atoms with Crippen LogP contribution in [0.5, 0.6) is 0 Å². The molecule has 4 heteroatoms. The number of nitriles is 1. The van der Waals surface area contributed by atoms with Crippen molar-refractivity contribution in [2.24, 2.45) is 0 Å². The minimum Gasteiger partial charge on any atom is -0.361 e. The highest BCUT2D eigenvalue weighted by molar-refractivity contribution is 5.96. The zero-order valence-electron chi connectivity index (χ0n) is 9.40. The number of hydrogen-bond acceptors (Lipinski definition) is 2. The summed E-state index contributed by atoms with van der Waals surface area (Å²) in [5.74, 6) is 0. The van der Waals surface area contributed by atoms with E-state index >= 15 is 0 Å². The summed E-state index contributed by atoms with van der Waals surface area (Å²) in [6.45, 7) is 0. The number of nitrogens with one attached hydrogen (secondary N) is 2. The summed E-state index contributed by atoms with van der Waals surface area (Å²) in [5.41, 5.74) is 2.28. The van der Waals surface area contributed by atoms with Gasteiger partial charge in [0, 0.05) is 34.4 Å². The Kier molecular flexibility index (Phi) is 2.24. The monoisotopic (exact) mass is 235 g/mol. The fourth-order valence-electron chi connectivity index (χ4n) is 2.11. The molecule has 18 heavy (non-hydrogen) atoms. The lowest BCUT2D eigenvalue weighted by molar-refractivity contribution is 1.22. The first kappa shape index (κ1) is 10.4. The van der Waals surface area contributed by atoms with Crippen LogP contribution in [-0.4, -0.2) is 9.97 Å². The largest absolute Gasteiger partial charge is 0.361 e. The van der Waals surface area contributed by atoms with Crippen molar-refractivity contribution in [3.63, 3.8) is 0 Å². The Morgan fingerprint density at radius 3 is 2.72 bits per heavy atom. The third-order valence-electron chi connectivity index (χ3n) is 2.95. The molecule has 2 N–H and O–H groups in total. The summed E-state index contributed by atoms with van der Waals surface area (Å²) in [5, 5.41) is 10.1. The molecule has 0 bridgehead atoms. The lowest BCUT2D eigenvalue weighted by atomic mass is 10.0. The molecular weight excluding hydrogens is 226 g/mol. The van der Waals surface area contributed by atoms with Gasteiger partial charge in [-0.1, -0.05) is 18.2 Å². The fourth-order valence-corrected chi connectivity index (χ4v) is 2.11. The molecule has 0 saturated heterocycles. The summed E-state index contributed by atoms with van der Waals surface area (Å²) in [7, 11) is 0. The van der Waals surface area contributed by atoms with Gasteiger partial charge in [0.2, 0.25) is 0 Å². The van der Waals surface area contributed by atoms with Crippen LogP contribution in [0.3, 0.4) is 0 Å². The molecule has 1 aromatic carbocycles.